The molecule has 0 aliphatic rings. The average molecular weight is 322 g/mol. The maximum Gasteiger partial charge on any atom is 0.271 e. The Morgan fingerprint density at radius 2 is 1.88 bits per heavy atom. The van der Waals surface area contributed by atoms with Crippen molar-refractivity contribution in [1.82, 2.24) is 5.43 Å². The number of aromatic hydroxyl groups is 1. The fourth-order valence-electron chi connectivity index (χ4n) is 2.44. The number of fused-ring (bicyclic) bond motifs is 1. The van der Waals surface area contributed by atoms with Gasteiger partial charge >= 0.3 is 0 Å². The standard InChI is InChI=1S/C19H15FN2O2/c1-12(21-22-19(24)14-6-4-7-15(20)11-14)16-10-9-13-5-2-3-8-17(13)18(16)23/h2-11,23H,1H3,(H,22,24). The minimum absolute atomic E-state index is 0.106. The van der Waals surface area contributed by atoms with Crippen molar-refractivity contribution in [1.29, 1.82) is 0 Å². The van der Waals surface area contributed by atoms with E-state index in [9.17, 15) is 14.3 Å². The van der Waals surface area contributed by atoms with Gasteiger partial charge < -0.3 is 5.11 Å². The van der Waals surface area contributed by atoms with Gasteiger partial charge in [-0.15, -0.1) is 0 Å². The van der Waals surface area contributed by atoms with Gasteiger partial charge in [-0.2, -0.15) is 5.10 Å². The van der Waals surface area contributed by atoms with Crippen LogP contribution in [0, 0.1) is 5.82 Å². The molecule has 0 aromatic heterocycles. The van der Waals surface area contributed by atoms with E-state index in [4.69, 9.17) is 0 Å². The zero-order valence-electron chi connectivity index (χ0n) is 13.0. The highest BCUT2D eigenvalue weighted by Crippen LogP contribution is 2.28. The third-order valence-electron chi connectivity index (χ3n) is 3.70. The summed E-state index contributed by atoms with van der Waals surface area (Å²) in [5.41, 5.74) is 3.51. The number of nitrogens with zero attached hydrogens (tertiary/aromatic N) is 1. The molecule has 0 bridgehead atoms. The third kappa shape index (κ3) is 3.10. The van der Waals surface area contributed by atoms with Crippen LogP contribution >= 0.6 is 0 Å². The maximum absolute atomic E-state index is 13.1. The number of halogens is 1. The molecule has 0 heterocycles. The second-order valence-corrected chi connectivity index (χ2v) is 5.33. The Bertz CT molecular complexity index is 951. The molecule has 0 atom stereocenters. The van der Waals surface area contributed by atoms with Gasteiger partial charge in [0.2, 0.25) is 0 Å². The van der Waals surface area contributed by atoms with E-state index in [0.717, 1.165) is 11.5 Å². The van der Waals surface area contributed by atoms with Crippen LogP contribution in [-0.4, -0.2) is 16.7 Å². The molecule has 24 heavy (non-hydrogen) atoms. The van der Waals surface area contributed by atoms with Gasteiger partial charge in [-0.1, -0.05) is 36.4 Å². The van der Waals surface area contributed by atoms with Gasteiger partial charge in [0.25, 0.3) is 5.91 Å². The Balaban J connectivity index is 1.86. The Labute approximate surface area is 138 Å². The van der Waals surface area contributed by atoms with E-state index >= 15 is 0 Å². The van der Waals surface area contributed by atoms with Gasteiger partial charge in [0.1, 0.15) is 11.6 Å². The molecule has 0 saturated carbocycles. The molecule has 0 unspecified atom stereocenters. The Morgan fingerprint density at radius 3 is 2.67 bits per heavy atom. The number of carbonyl (C=O) groups is 1. The van der Waals surface area contributed by atoms with Gasteiger partial charge in [0.15, 0.2) is 0 Å². The number of rotatable bonds is 3. The number of carbonyl (C=O) groups excluding carboxylic acids is 1. The van der Waals surface area contributed by atoms with Crippen LogP contribution in [0.25, 0.3) is 10.8 Å². The van der Waals surface area contributed by atoms with Crippen LogP contribution < -0.4 is 5.43 Å². The van der Waals surface area contributed by atoms with Crippen LogP contribution in [0.5, 0.6) is 5.75 Å². The molecule has 3 aromatic carbocycles. The summed E-state index contributed by atoms with van der Waals surface area (Å²) in [6, 6.07) is 16.4. The van der Waals surface area contributed by atoms with Gasteiger partial charge in [-0.3, -0.25) is 4.79 Å². The van der Waals surface area contributed by atoms with Gasteiger partial charge in [-0.05, 0) is 36.6 Å². The molecule has 3 rings (SSSR count). The lowest BCUT2D eigenvalue weighted by molar-refractivity contribution is 0.0954. The second-order valence-electron chi connectivity index (χ2n) is 5.33. The second kappa shape index (κ2) is 6.50. The van der Waals surface area contributed by atoms with E-state index in [1.807, 2.05) is 30.3 Å². The van der Waals surface area contributed by atoms with Crippen LogP contribution in [0.15, 0.2) is 65.8 Å². The lowest BCUT2D eigenvalue weighted by Gasteiger charge is -2.08. The smallest absolute Gasteiger partial charge is 0.271 e. The van der Waals surface area contributed by atoms with Crippen molar-refractivity contribution in [2.45, 2.75) is 6.92 Å². The summed E-state index contributed by atoms with van der Waals surface area (Å²) >= 11 is 0. The van der Waals surface area contributed by atoms with Crippen molar-refractivity contribution in [3.05, 3.63) is 77.6 Å². The maximum atomic E-state index is 13.1. The highest BCUT2D eigenvalue weighted by molar-refractivity contribution is 6.07. The van der Waals surface area contributed by atoms with Crippen LogP contribution in [0.3, 0.4) is 0 Å². The molecular formula is C19H15FN2O2. The first kappa shape index (κ1) is 15.7. The molecule has 0 aliphatic heterocycles. The number of nitrogens with one attached hydrogen (secondary N) is 1. The zero-order valence-corrected chi connectivity index (χ0v) is 13.0. The van der Waals surface area contributed by atoms with Gasteiger partial charge in [0, 0.05) is 16.5 Å². The van der Waals surface area contributed by atoms with E-state index < -0.39 is 11.7 Å². The number of hydrogen-bond donors (Lipinski definition) is 2. The van der Waals surface area contributed by atoms with Crippen molar-refractivity contribution in [3.8, 4) is 5.75 Å². The fourth-order valence-corrected chi connectivity index (χ4v) is 2.44. The molecule has 0 radical (unpaired) electrons. The molecule has 120 valence electrons. The topological polar surface area (TPSA) is 61.7 Å². The largest absolute Gasteiger partial charge is 0.507 e. The van der Waals surface area contributed by atoms with Crippen molar-refractivity contribution in [2.24, 2.45) is 5.10 Å². The van der Waals surface area contributed by atoms with Crippen molar-refractivity contribution in [2.75, 3.05) is 0 Å². The van der Waals surface area contributed by atoms with E-state index in [0.29, 0.717) is 16.7 Å². The molecule has 5 heteroatoms. The first-order chi connectivity index (χ1) is 11.6. The summed E-state index contributed by atoms with van der Waals surface area (Å²) in [6.07, 6.45) is 0. The monoisotopic (exact) mass is 322 g/mol. The fraction of sp³-hybridized carbons (Fsp3) is 0.0526. The van der Waals surface area contributed by atoms with E-state index in [1.54, 1.807) is 13.0 Å². The summed E-state index contributed by atoms with van der Waals surface area (Å²) < 4.78 is 13.1. The number of benzene rings is 3. The first-order valence-electron chi connectivity index (χ1n) is 7.37. The molecular weight excluding hydrogens is 307 g/mol. The molecule has 0 spiro atoms. The molecule has 1 amide bonds. The highest BCUT2D eigenvalue weighted by Gasteiger charge is 2.10. The minimum Gasteiger partial charge on any atom is -0.507 e. The first-order valence-corrected chi connectivity index (χ1v) is 7.37. The zero-order chi connectivity index (χ0) is 17.1. The normalized spacial score (nSPS) is 11.5. The minimum atomic E-state index is -0.519. The lowest BCUT2D eigenvalue weighted by Crippen LogP contribution is -2.19. The summed E-state index contributed by atoms with van der Waals surface area (Å²) in [7, 11) is 0. The quantitative estimate of drug-likeness (QED) is 0.568. The molecule has 0 saturated heterocycles. The molecule has 4 nitrogen and oxygen atoms in total. The number of hydrogen-bond acceptors (Lipinski definition) is 3. The van der Waals surface area contributed by atoms with Crippen LogP contribution in [0.2, 0.25) is 0 Å². The summed E-state index contributed by atoms with van der Waals surface area (Å²) in [4.78, 5) is 12.0. The van der Waals surface area contributed by atoms with E-state index in [1.165, 1.54) is 18.2 Å². The molecule has 0 fully saturated rings. The predicted octanol–water partition coefficient (Wildman–Crippen LogP) is 3.84. The van der Waals surface area contributed by atoms with Crippen LogP contribution in [0.1, 0.15) is 22.8 Å². The Kier molecular flexibility index (Phi) is 4.24. The van der Waals surface area contributed by atoms with Gasteiger partial charge in [-0.25, -0.2) is 9.82 Å². The third-order valence-corrected chi connectivity index (χ3v) is 3.70. The number of phenols is 1. The SMILES string of the molecule is CC(=NNC(=O)c1cccc(F)c1)c1ccc2ccccc2c1O. The summed E-state index contributed by atoms with van der Waals surface area (Å²) in [6.45, 7) is 1.68. The average Bonchev–Trinajstić information content (AvgIpc) is 2.60. The molecule has 0 aliphatic carbocycles. The summed E-state index contributed by atoms with van der Waals surface area (Å²) in [5.74, 6) is -0.904. The molecule has 3 aromatic rings. The van der Waals surface area contributed by atoms with Crippen LogP contribution in [-0.2, 0) is 0 Å². The van der Waals surface area contributed by atoms with E-state index in [2.05, 4.69) is 10.5 Å². The number of hydrazone groups is 1. The van der Waals surface area contributed by atoms with Crippen molar-refractivity contribution < 1.29 is 14.3 Å². The van der Waals surface area contributed by atoms with E-state index in [-0.39, 0.29) is 11.3 Å². The Morgan fingerprint density at radius 1 is 1.08 bits per heavy atom. The number of amides is 1. The van der Waals surface area contributed by atoms with Crippen molar-refractivity contribution in [3.63, 3.8) is 0 Å². The predicted molar refractivity (Wildman–Crippen MR) is 91.7 cm³/mol. The lowest BCUT2D eigenvalue weighted by atomic mass is 10.0. The number of phenolic OH excluding ortho intramolecular Hbond substituents is 1. The molecule has 2 N–H and O–H groups in total. The Hall–Kier alpha value is -3.21. The van der Waals surface area contributed by atoms with Crippen molar-refractivity contribution >= 4 is 22.4 Å². The van der Waals surface area contributed by atoms with Crippen LogP contribution in [0.4, 0.5) is 4.39 Å². The highest BCUT2D eigenvalue weighted by atomic mass is 19.1. The van der Waals surface area contributed by atoms with Gasteiger partial charge in [0.05, 0.1) is 5.71 Å². The summed E-state index contributed by atoms with van der Waals surface area (Å²) in [5, 5.41) is 16.0.